The van der Waals surface area contributed by atoms with Crippen molar-refractivity contribution in [3.8, 4) is 11.4 Å². The molecular formula is C29H25FN4O. The van der Waals surface area contributed by atoms with Crippen LogP contribution >= 0.6 is 0 Å². The normalized spacial score (nSPS) is 10.9. The molecule has 0 unspecified atom stereocenters. The van der Waals surface area contributed by atoms with Crippen molar-refractivity contribution in [2.75, 3.05) is 5.01 Å². The number of aryl methyl sites for hydroxylation is 1. The Morgan fingerprint density at radius 3 is 2.23 bits per heavy atom. The number of aromatic amines is 1. The molecule has 0 fully saturated rings. The van der Waals surface area contributed by atoms with E-state index in [1.807, 2.05) is 78.9 Å². The van der Waals surface area contributed by atoms with Gasteiger partial charge in [-0.3, -0.25) is 20.2 Å². The summed E-state index contributed by atoms with van der Waals surface area (Å²) in [7, 11) is 0. The molecule has 1 amide bonds. The molecule has 5 rings (SSSR count). The van der Waals surface area contributed by atoms with E-state index in [1.165, 1.54) is 6.07 Å². The summed E-state index contributed by atoms with van der Waals surface area (Å²) in [6.45, 7) is 0. The minimum atomic E-state index is -0.288. The fraction of sp³-hybridized carbons (Fsp3) is 0.103. The zero-order valence-electron chi connectivity index (χ0n) is 19.1. The number of halogens is 1. The fourth-order valence-corrected chi connectivity index (χ4v) is 4.25. The number of aromatic nitrogens is 2. The average Bonchev–Trinajstić information content (AvgIpc) is 3.26. The van der Waals surface area contributed by atoms with E-state index >= 15 is 0 Å². The van der Waals surface area contributed by atoms with Gasteiger partial charge >= 0.3 is 0 Å². The number of carbonyl (C=O) groups is 1. The standard InChI is InChI=1S/C29H25FN4O/c30-21-17-18-26-25(20-21)24(29(32-26)27-15-7-8-19-31-27)14-9-16-28(35)33-34(22-10-3-1-4-11-22)23-12-5-2-6-13-23/h1-8,10-13,15,17-20,32H,9,14,16H2,(H,33,35). The van der Waals surface area contributed by atoms with Crippen LogP contribution in [0.3, 0.4) is 0 Å². The first kappa shape index (κ1) is 22.3. The lowest BCUT2D eigenvalue weighted by molar-refractivity contribution is -0.121. The minimum Gasteiger partial charge on any atom is -0.353 e. The summed E-state index contributed by atoms with van der Waals surface area (Å²) in [6, 6.07) is 29.9. The van der Waals surface area contributed by atoms with Gasteiger partial charge in [-0.15, -0.1) is 0 Å². The third kappa shape index (κ3) is 5.06. The van der Waals surface area contributed by atoms with Crippen LogP contribution in [-0.4, -0.2) is 15.9 Å². The number of pyridine rings is 1. The van der Waals surface area contributed by atoms with Gasteiger partial charge in [0.1, 0.15) is 5.82 Å². The van der Waals surface area contributed by atoms with E-state index in [0.717, 1.165) is 39.2 Å². The van der Waals surface area contributed by atoms with E-state index in [0.29, 0.717) is 19.3 Å². The molecule has 2 N–H and O–H groups in total. The molecule has 5 aromatic rings. The maximum Gasteiger partial charge on any atom is 0.238 e. The van der Waals surface area contributed by atoms with Crippen LogP contribution < -0.4 is 10.4 Å². The Kier molecular flexibility index (Phi) is 6.52. The minimum absolute atomic E-state index is 0.0943. The lowest BCUT2D eigenvalue weighted by atomic mass is 10.0. The highest BCUT2D eigenvalue weighted by Crippen LogP contribution is 2.31. The molecule has 3 aromatic carbocycles. The number of nitrogens with one attached hydrogen (secondary N) is 2. The number of nitrogens with zero attached hydrogens (tertiary/aromatic N) is 2. The quantitative estimate of drug-likeness (QED) is 0.256. The second-order valence-corrected chi connectivity index (χ2v) is 8.28. The molecule has 0 aliphatic heterocycles. The molecule has 0 bridgehead atoms. The zero-order valence-corrected chi connectivity index (χ0v) is 19.1. The zero-order chi connectivity index (χ0) is 24.0. The number of benzene rings is 3. The first-order valence-corrected chi connectivity index (χ1v) is 11.6. The third-order valence-electron chi connectivity index (χ3n) is 5.89. The van der Waals surface area contributed by atoms with Gasteiger partial charge in [0.25, 0.3) is 0 Å². The van der Waals surface area contributed by atoms with Gasteiger partial charge < -0.3 is 4.98 Å². The first-order chi connectivity index (χ1) is 17.2. The van der Waals surface area contributed by atoms with Crippen molar-refractivity contribution in [3.05, 3.63) is 115 Å². The first-order valence-electron chi connectivity index (χ1n) is 11.6. The molecular weight excluding hydrogens is 439 g/mol. The summed E-state index contributed by atoms with van der Waals surface area (Å²) < 4.78 is 14.0. The highest BCUT2D eigenvalue weighted by molar-refractivity contribution is 5.90. The lowest BCUT2D eigenvalue weighted by Gasteiger charge is -2.25. The van der Waals surface area contributed by atoms with Crippen LogP contribution in [0, 0.1) is 5.82 Å². The number of rotatable bonds is 8. The SMILES string of the molecule is O=C(CCCc1c(-c2ccccn2)[nH]c2ccc(F)cc12)NN(c1ccccc1)c1ccccc1. The van der Waals surface area contributed by atoms with Crippen molar-refractivity contribution in [1.29, 1.82) is 0 Å². The second-order valence-electron chi connectivity index (χ2n) is 8.28. The molecule has 0 spiro atoms. The van der Waals surface area contributed by atoms with Gasteiger partial charge in [0.05, 0.1) is 22.8 Å². The molecule has 0 aliphatic carbocycles. The number of fused-ring (bicyclic) bond motifs is 1. The Morgan fingerprint density at radius 2 is 1.57 bits per heavy atom. The van der Waals surface area contributed by atoms with Gasteiger partial charge in [0.15, 0.2) is 0 Å². The topological polar surface area (TPSA) is 61.0 Å². The Balaban J connectivity index is 1.34. The summed E-state index contributed by atoms with van der Waals surface area (Å²) in [5.74, 6) is -0.382. The van der Waals surface area contributed by atoms with Crippen molar-refractivity contribution in [1.82, 2.24) is 15.4 Å². The van der Waals surface area contributed by atoms with E-state index in [2.05, 4.69) is 15.4 Å². The molecule has 5 nitrogen and oxygen atoms in total. The van der Waals surface area contributed by atoms with Crippen molar-refractivity contribution in [2.45, 2.75) is 19.3 Å². The Bertz CT molecular complexity index is 1380. The number of anilines is 2. The third-order valence-corrected chi connectivity index (χ3v) is 5.89. The Morgan fingerprint density at radius 1 is 0.886 bits per heavy atom. The molecule has 6 heteroatoms. The molecule has 2 aromatic heterocycles. The summed E-state index contributed by atoms with van der Waals surface area (Å²) >= 11 is 0. The van der Waals surface area contributed by atoms with E-state index in [9.17, 15) is 9.18 Å². The lowest BCUT2D eigenvalue weighted by Crippen LogP contribution is -2.38. The van der Waals surface area contributed by atoms with E-state index in [1.54, 1.807) is 23.3 Å². The molecule has 35 heavy (non-hydrogen) atoms. The molecule has 0 atom stereocenters. The Hall–Kier alpha value is -4.45. The molecule has 2 heterocycles. The number of hydrogen-bond acceptors (Lipinski definition) is 3. The summed E-state index contributed by atoms with van der Waals surface area (Å²) in [4.78, 5) is 20.8. The molecule has 0 radical (unpaired) electrons. The summed E-state index contributed by atoms with van der Waals surface area (Å²) in [6.07, 6.45) is 3.27. The Labute approximate surface area is 203 Å². The molecule has 0 aliphatic rings. The van der Waals surface area contributed by atoms with Gasteiger partial charge in [-0.1, -0.05) is 42.5 Å². The van der Waals surface area contributed by atoms with E-state index < -0.39 is 0 Å². The van der Waals surface area contributed by atoms with Crippen LogP contribution in [0.5, 0.6) is 0 Å². The van der Waals surface area contributed by atoms with Crippen LogP contribution in [0.15, 0.2) is 103 Å². The average molecular weight is 465 g/mol. The van der Waals surface area contributed by atoms with Gasteiger partial charge in [-0.05, 0) is 73.0 Å². The van der Waals surface area contributed by atoms with Gasteiger partial charge in [0, 0.05) is 23.5 Å². The van der Waals surface area contributed by atoms with E-state index in [4.69, 9.17) is 0 Å². The largest absolute Gasteiger partial charge is 0.353 e. The smallest absolute Gasteiger partial charge is 0.238 e. The monoisotopic (exact) mass is 464 g/mol. The van der Waals surface area contributed by atoms with Crippen LogP contribution in [-0.2, 0) is 11.2 Å². The predicted octanol–water partition coefficient (Wildman–Crippen LogP) is 6.56. The van der Waals surface area contributed by atoms with Crippen LogP contribution in [0.25, 0.3) is 22.3 Å². The summed E-state index contributed by atoms with van der Waals surface area (Å²) in [5.41, 5.74) is 8.26. The van der Waals surface area contributed by atoms with Crippen molar-refractivity contribution in [2.24, 2.45) is 0 Å². The number of carbonyl (C=O) groups excluding carboxylic acids is 1. The highest BCUT2D eigenvalue weighted by Gasteiger charge is 2.16. The van der Waals surface area contributed by atoms with Crippen LogP contribution in [0.4, 0.5) is 15.8 Å². The second kappa shape index (κ2) is 10.2. The van der Waals surface area contributed by atoms with Crippen molar-refractivity contribution in [3.63, 3.8) is 0 Å². The highest BCUT2D eigenvalue weighted by atomic mass is 19.1. The van der Waals surface area contributed by atoms with Gasteiger partial charge in [-0.2, -0.15) is 0 Å². The number of para-hydroxylation sites is 2. The number of hydrazine groups is 1. The van der Waals surface area contributed by atoms with Gasteiger partial charge in [0.2, 0.25) is 5.91 Å². The molecule has 174 valence electrons. The van der Waals surface area contributed by atoms with E-state index in [-0.39, 0.29) is 11.7 Å². The fourth-order valence-electron chi connectivity index (χ4n) is 4.25. The molecule has 0 saturated carbocycles. The number of H-pyrrole nitrogens is 1. The number of amides is 1. The van der Waals surface area contributed by atoms with Crippen LogP contribution in [0.2, 0.25) is 0 Å². The van der Waals surface area contributed by atoms with Crippen molar-refractivity contribution >= 4 is 28.2 Å². The van der Waals surface area contributed by atoms with Crippen molar-refractivity contribution < 1.29 is 9.18 Å². The summed E-state index contributed by atoms with van der Waals surface area (Å²) in [5, 5.41) is 2.61. The number of hydrogen-bond donors (Lipinski definition) is 2. The van der Waals surface area contributed by atoms with Crippen LogP contribution in [0.1, 0.15) is 18.4 Å². The maximum atomic E-state index is 14.0. The van der Waals surface area contributed by atoms with Gasteiger partial charge in [-0.25, -0.2) is 4.39 Å². The maximum absolute atomic E-state index is 14.0. The predicted molar refractivity (Wildman–Crippen MR) is 138 cm³/mol. The molecule has 0 saturated heterocycles.